The highest BCUT2D eigenvalue weighted by molar-refractivity contribution is 6.24. The Bertz CT molecular complexity index is 2320. The fraction of sp³-hybridized carbons (Fsp3) is 0.532. The van der Waals surface area contributed by atoms with Crippen LogP contribution >= 0.6 is 0 Å². The molecule has 0 spiro atoms. The number of amidine groups is 1. The van der Waals surface area contributed by atoms with Gasteiger partial charge in [-0.05, 0) is 85.8 Å². The first kappa shape index (κ1) is 45.7. The molecule has 6 aliphatic rings. The molecule has 6 heterocycles. The Labute approximate surface area is 377 Å². The van der Waals surface area contributed by atoms with Crippen LogP contribution in [0.15, 0.2) is 41.5 Å². The van der Waals surface area contributed by atoms with E-state index in [9.17, 15) is 43.0 Å². The van der Waals surface area contributed by atoms with Crippen molar-refractivity contribution < 1.29 is 37.5 Å². The Hall–Kier alpha value is -5.88. The zero-order valence-electron chi connectivity index (χ0n) is 37.0. The van der Waals surface area contributed by atoms with Crippen LogP contribution in [-0.4, -0.2) is 138 Å². The molecule has 8 rings (SSSR count). The van der Waals surface area contributed by atoms with Crippen molar-refractivity contribution in [1.82, 2.24) is 30.2 Å². The fourth-order valence-corrected chi connectivity index (χ4v) is 10.6. The summed E-state index contributed by atoms with van der Waals surface area (Å²) in [7, 11) is 1.56. The lowest BCUT2D eigenvalue weighted by atomic mass is 9.86. The average Bonchev–Trinajstić information content (AvgIpc) is 3.54. The van der Waals surface area contributed by atoms with Gasteiger partial charge in [-0.1, -0.05) is 12.1 Å². The number of benzene rings is 2. The summed E-state index contributed by atoms with van der Waals surface area (Å²) < 4.78 is 29.1. The number of hydrogen-bond acceptors (Lipinski definition) is 11. The van der Waals surface area contributed by atoms with Crippen molar-refractivity contribution >= 4 is 58.8 Å². The van der Waals surface area contributed by atoms with Gasteiger partial charge >= 0.3 is 0 Å². The number of likely N-dealkylation sites (tertiary alicyclic amines) is 3. The Balaban J connectivity index is 0.832. The third kappa shape index (κ3) is 9.32. The lowest BCUT2D eigenvalue weighted by molar-refractivity contribution is -0.136. The molecule has 6 amide bonds. The van der Waals surface area contributed by atoms with Crippen LogP contribution in [-0.2, 0) is 32.1 Å². The molecular weight excluding hydrogens is 839 g/mol. The number of nitrogens with one attached hydrogen (secondary N) is 3. The smallest absolute Gasteiger partial charge is 0.264 e. The molecule has 346 valence electrons. The fourth-order valence-electron chi connectivity index (χ4n) is 10.6. The van der Waals surface area contributed by atoms with E-state index in [2.05, 4.69) is 20.5 Å². The zero-order valence-corrected chi connectivity index (χ0v) is 37.0. The van der Waals surface area contributed by atoms with Crippen LogP contribution in [0.25, 0.3) is 5.57 Å². The van der Waals surface area contributed by atoms with Gasteiger partial charge in [0.1, 0.15) is 11.9 Å². The van der Waals surface area contributed by atoms with E-state index >= 15 is 0 Å². The van der Waals surface area contributed by atoms with E-state index in [1.165, 1.54) is 25.4 Å². The Morgan fingerprint density at radius 3 is 2.43 bits per heavy atom. The van der Waals surface area contributed by atoms with Gasteiger partial charge in [-0.2, -0.15) is 0 Å². The largest absolute Gasteiger partial charge is 0.404 e. The predicted molar refractivity (Wildman–Crippen MR) is 239 cm³/mol. The van der Waals surface area contributed by atoms with Crippen molar-refractivity contribution in [3.8, 4) is 0 Å². The van der Waals surface area contributed by atoms with E-state index in [1.54, 1.807) is 30.1 Å². The number of amides is 6. The summed E-state index contributed by atoms with van der Waals surface area (Å²) in [5.74, 6) is -1.83. The number of alkyl halides is 2. The molecule has 2 aromatic carbocycles. The van der Waals surface area contributed by atoms with Crippen LogP contribution in [0, 0.1) is 17.2 Å². The van der Waals surface area contributed by atoms with Gasteiger partial charge in [-0.25, -0.2) is 8.78 Å². The van der Waals surface area contributed by atoms with Gasteiger partial charge in [0.05, 0.1) is 11.1 Å². The van der Waals surface area contributed by atoms with Crippen molar-refractivity contribution in [3.05, 3.63) is 69.9 Å². The van der Waals surface area contributed by atoms with Crippen molar-refractivity contribution in [3.63, 3.8) is 0 Å². The van der Waals surface area contributed by atoms with Gasteiger partial charge in [0.2, 0.25) is 23.6 Å². The predicted octanol–water partition coefficient (Wildman–Crippen LogP) is 3.49. The molecule has 16 nitrogen and oxygen atoms in total. The van der Waals surface area contributed by atoms with Crippen molar-refractivity contribution in [2.75, 3.05) is 57.8 Å². The number of hydrogen-bond donors (Lipinski definition) is 4. The number of aryl methyl sites for hydroxylation is 1. The van der Waals surface area contributed by atoms with Crippen LogP contribution in [0.2, 0.25) is 0 Å². The maximum absolute atomic E-state index is 14.6. The number of piperidine rings is 3. The number of carbonyl (C=O) groups is 6. The third-order valence-electron chi connectivity index (χ3n) is 14.1. The number of rotatable bonds is 12. The first-order chi connectivity index (χ1) is 31.3. The number of fused-ring (bicyclic) bond motifs is 2. The molecule has 0 aromatic heterocycles. The molecule has 6 aliphatic heterocycles. The maximum atomic E-state index is 14.6. The summed E-state index contributed by atoms with van der Waals surface area (Å²) in [6.07, 6.45) is 4.80. The SMILES string of the molecule is CN=C/C(=C\N)c1cc2c(cc1C(F)F)N(C(=N)C1CN(C(C)=O)CCC1NC1CCN(C(=O)CCC3CN(Cc4cccc5c4C(=O)N(C4CCC(=O)NC4=O)C5=O)C3)CC1)CCC2. The first-order valence-electron chi connectivity index (χ1n) is 22.8. The minimum Gasteiger partial charge on any atom is -0.404 e. The number of allylic oxidation sites excluding steroid dienone is 1. The van der Waals surface area contributed by atoms with E-state index in [0.717, 1.165) is 49.2 Å². The third-order valence-corrected chi connectivity index (χ3v) is 14.1. The standard InChI is InChI=1S/C47H58F2N10O6/c1-27(60)57-18-14-37(36(26-57)44(51)58-15-4-6-29-19-34(31(21-50)22-52-2)35(43(48)49)20-39(29)58)53-32-12-16-56(17-13-32)41(62)11-8-28-23-55(24-28)25-30-5-3-7-33-42(30)47(65)59(46(33)64)38-9-10-40(61)54-45(38)63/h3,5,7,19-22,28,32,36-38,43,51,53H,4,6,8-18,23-26,50H2,1-2H3,(H,54,61,63)/b31-21+,51-44?,52-22?. The van der Waals surface area contributed by atoms with Gasteiger partial charge in [0.25, 0.3) is 18.2 Å². The Morgan fingerprint density at radius 2 is 1.74 bits per heavy atom. The summed E-state index contributed by atoms with van der Waals surface area (Å²) in [5, 5.41) is 15.6. The molecule has 5 N–H and O–H groups in total. The normalized spacial score (nSPS) is 23.6. The molecule has 3 atom stereocenters. The Morgan fingerprint density at radius 1 is 0.985 bits per heavy atom. The highest BCUT2D eigenvalue weighted by atomic mass is 19.3. The number of anilines is 1. The molecule has 3 unspecified atom stereocenters. The van der Waals surface area contributed by atoms with E-state index in [4.69, 9.17) is 5.73 Å². The topological polar surface area (TPSA) is 205 Å². The highest BCUT2D eigenvalue weighted by Gasteiger charge is 2.46. The van der Waals surface area contributed by atoms with Gasteiger partial charge in [-0.3, -0.25) is 54.3 Å². The number of halogens is 2. The number of aliphatic imine (C=N–C) groups is 1. The molecule has 18 heteroatoms. The molecule has 2 aromatic rings. The minimum atomic E-state index is -2.77. The second-order valence-corrected chi connectivity index (χ2v) is 18.2. The molecule has 4 fully saturated rings. The van der Waals surface area contributed by atoms with E-state index in [1.807, 2.05) is 15.9 Å². The molecule has 0 aliphatic carbocycles. The summed E-state index contributed by atoms with van der Waals surface area (Å²) in [6.45, 7) is 6.07. The van der Waals surface area contributed by atoms with Crippen molar-refractivity contribution in [1.29, 1.82) is 5.41 Å². The molecule has 0 saturated carbocycles. The van der Waals surface area contributed by atoms with Crippen molar-refractivity contribution in [2.45, 2.75) is 95.8 Å². The summed E-state index contributed by atoms with van der Waals surface area (Å²) >= 11 is 0. The van der Waals surface area contributed by atoms with Gasteiger partial charge in [0, 0.05) is 126 Å². The van der Waals surface area contributed by atoms with E-state index in [0.29, 0.717) is 98.2 Å². The molecule has 65 heavy (non-hydrogen) atoms. The quantitative estimate of drug-likeness (QED) is 0.139. The van der Waals surface area contributed by atoms with Gasteiger partial charge in [-0.15, -0.1) is 0 Å². The molecule has 0 radical (unpaired) electrons. The van der Waals surface area contributed by atoms with Crippen LogP contribution in [0.1, 0.15) is 108 Å². The van der Waals surface area contributed by atoms with Crippen LogP contribution in [0.3, 0.4) is 0 Å². The lowest BCUT2D eigenvalue weighted by Gasteiger charge is -2.45. The molecule has 4 saturated heterocycles. The van der Waals surface area contributed by atoms with Gasteiger partial charge < -0.3 is 25.8 Å². The average molecular weight is 897 g/mol. The number of carbonyl (C=O) groups excluding carboxylic acids is 6. The van der Waals surface area contributed by atoms with E-state index < -0.39 is 36.1 Å². The summed E-state index contributed by atoms with van der Waals surface area (Å²) in [6, 6.07) is 7.35. The Kier molecular flexibility index (Phi) is 13.6. The number of nitrogens with two attached hydrogens (primary N) is 1. The van der Waals surface area contributed by atoms with Crippen LogP contribution in [0.4, 0.5) is 14.5 Å². The number of imide groups is 2. The van der Waals surface area contributed by atoms with Crippen molar-refractivity contribution in [2.24, 2.45) is 22.6 Å². The maximum Gasteiger partial charge on any atom is 0.264 e. The van der Waals surface area contributed by atoms with E-state index in [-0.39, 0.29) is 53.8 Å². The van der Waals surface area contributed by atoms with Crippen LogP contribution in [0.5, 0.6) is 0 Å². The second-order valence-electron chi connectivity index (χ2n) is 18.2. The highest BCUT2D eigenvalue weighted by Crippen LogP contribution is 2.39. The lowest BCUT2D eigenvalue weighted by Crippen LogP contribution is -2.59. The van der Waals surface area contributed by atoms with Gasteiger partial charge in [0.15, 0.2) is 0 Å². The zero-order chi connectivity index (χ0) is 46.1. The summed E-state index contributed by atoms with van der Waals surface area (Å²) in [5.41, 5.74) is 9.09. The summed E-state index contributed by atoms with van der Waals surface area (Å²) in [4.78, 5) is 89.7. The monoisotopic (exact) mass is 896 g/mol. The minimum absolute atomic E-state index is 0.0578. The van der Waals surface area contributed by atoms with Crippen LogP contribution < -0.4 is 21.3 Å². The number of nitrogens with zero attached hydrogens (tertiary/aromatic N) is 6. The second kappa shape index (κ2) is 19.3. The molecule has 0 bridgehead atoms. The first-order valence-corrected chi connectivity index (χ1v) is 22.8. The molecular formula is C47H58F2N10O6.